The average molecular weight is 218 g/mol. The smallest absolute Gasteiger partial charge is 0.0641 e. The second-order valence-corrected chi connectivity index (χ2v) is 4.64. The number of nitrogens with one attached hydrogen (secondary N) is 1. The number of alkyl halides is 1. The Morgan fingerprint density at radius 1 is 1.50 bits per heavy atom. The summed E-state index contributed by atoms with van der Waals surface area (Å²) >= 11 is 5.53. The van der Waals surface area contributed by atoms with Crippen molar-refractivity contribution in [3.05, 3.63) is 12.2 Å². The van der Waals surface area contributed by atoms with Gasteiger partial charge in [0.1, 0.15) is 0 Å². The van der Waals surface area contributed by atoms with Gasteiger partial charge in [0.2, 0.25) is 0 Å². The van der Waals surface area contributed by atoms with E-state index in [1.54, 1.807) is 0 Å². The summed E-state index contributed by atoms with van der Waals surface area (Å²) in [6.45, 7) is 6.07. The third-order valence-electron chi connectivity index (χ3n) is 2.48. The molecule has 1 fully saturated rings. The van der Waals surface area contributed by atoms with Gasteiger partial charge in [-0.1, -0.05) is 12.2 Å². The molecule has 0 amide bonds. The van der Waals surface area contributed by atoms with Crippen molar-refractivity contribution in [1.82, 2.24) is 5.32 Å². The highest BCUT2D eigenvalue weighted by Crippen LogP contribution is 2.23. The lowest BCUT2D eigenvalue weighted by atomic mass is 9.94. The van der Waals surface area contributed by atoms with Crippen LogP contribution >= 0.6 is 11.6 Å². The largest absolute Gasteiger partial charge is 0.375 e. The zero-order valence-corrected chi connectivity index (χ0v) is 9.81. The van der Waals surface area contributed by atoms with E-state index < -0.39 is 0 Å². The molecule has 0 saturated carbocycles. The van der Waals surface area contributed by atoms with Crippen LogP contribution in [0.25, 0.3) is 0 Å². The summed E-state index contributed by atoms with van der Waals surface area (Å²) in [5.74, 6) is 0.598. The number of hydrogen-bond acceptors (Lipinski definition) is 2. The Balaban J connectivity index is 2.21. The van der Waals surface area contributed by atoms with Crippen LogP contribution in [0.1, 0.15) is 26.7 Å². The number of hydrogen-bond donors (Lipinski definition) is 1. The van der Waals surface area contributed by atoms with Crippen molar-refractivity contribution >= 4 is 11.6 Å². The summed E-state index contributed by atoms with van der Waals surface area (Å²) in [5, 5.41) is 3.49. The maximum atomic E-state index is 5.64. The van der Waals surface area contributed by atoms with Crippen molar-refractivity contribution in [3.8, 4) is 0 Å². The highest BCUT2D eigenvalue weighted by Gasteiger charge is 2.27. The van der Waals surface area contributed by atoms with Crippen molar-refractivity contribution in [2.45, 2.75) is 38.3 Å². The first-order chi connectivity index (χ1) is 6.64. The van der Waals surface area contributed by atoms with Crippen LogP contribution < -0.4 is 5.32 Å². The van der Waals surface area contributed by atoms with Gasteiger partial charge in [0.05, 0.1) is 5.60 Å². The molecule has 14 heavy (non-hydrogen) atoms. The lowest BCUT2D eigenvalue weighted by Gasteiger charge is -2.35. The molecular formula is C11H20ClNO. The molecule has 1 aliphatic rings. The summed E-state index contributed by atoms with van der Waals surface area (Å²) in [6.07, 6.45) is 6.24. The molecule has 1 heterocycles. The van der Waals surface area contributed by atoms with Crippen molar-refractivity contribution in [2.75, 3.05) is 19.0 Å². The van der Waals surface area contributed by atoms with Gasteiger partial charge in [-0.2, -0.15) is 0 Å². The summed E-state index contributed by atoms with van der Waals surface area (Å²) in [4.78, 5) is 0. The van der Waals surface area contributed by atoms with Crippen molar-refractivity contribution < 1.29 is 4.74 Å². The Morgan fingerprint density at radius 2 is 2.29 bits per heavy atom. The molecule has 0 spiro atoms. The van der Waals surface area contributed by atoms with Gasteiger partial charge in [-0.25, -0.2) is 0 Å². The topological polar surface area (TPSA) is 21.3 Å². The van der Waals surface area contributed by atoms with Gasteiger partial charge < -0.3 is 10.1 Å². The molecule has 0 bridgehead atoms. The fourth-order valence-corrected chi connectivity index (χ4v) is 1.91. The monoisotopic (exact) mass is 217 g/mol. The molecule has 1 unspecified atom stereocenters. The van der Waals surface area contributed by atoms with E-state index in [-0.39, 0.29) is 5.60 Å². The Hall–Kier alpha value is -0.0500. The molecule has 3 heteroatoms. The molecule has 2 nitrogen and oxygen atoms in total. The Labute approximate surface area is 91.7 Å². The highest BCUT2D eigenvalue weighted by molar-refractivity contribution is 6.18. The molecular weight excluding hydrogens is 198 g/mol. The minimum atomic E-state index is 0.0338. The maximum absolute atomic E-state index is 5.64. The van der Waals surface area contributed by atoms with Crippen LogP contribution in [-0.4, -0.2) is 30.7 Å². The highest BCUT2D eigenvalue weighted by atomic mass is 35.5. The maximum Gasteiger partial charge on any atom is 0.0641 e. The molecule has 82 valence electrons. The zero-order chi connectivity index (χ0) is 10.4. The molecule has 0 aromatic carbocycles. The predicted molar refractivity (Wildman–Crippen MR) is 60.9 cm³/mol. The molecule has 1 rings (SSSR count). The molecule has 0 radical (unpaired) electrons. The van der Waals surface area contributed by atoms with Crippen molar-refractivity contribution in [3.63, 3.8) is 0 Å². The van der Waals surface area contributed by atoms with Crippen molar-refractivity contribution in [2.24, 2.45) is 0 Å². The molecule has 0 aliphatic carbocycles. The third-order valence-corrected chi connectivity index (χ3v) is 2.66. The standard InChI is InChI=1S/C11H20ClNO/c1-11(2)9-10(5-8-14-11)13-7-4-3-6-12/h3-4,10,13H,5-9H2,1-2H3/b4-3+. The normalized spacial score (nSPS) is 26.9. The summed E-state index contributed by atoms with van der Waals surface area (Å²) in [5.41, 5.74) is 0.0338. The fourth-order valence-electron chi connectivity index (χ4n) is 1.79. The first-order valence-corrected chi connectivity index (χ1v) is 5.76. The van der Waals surface area contributed by atoms with E-state index in [2.05, 4.69) is 25.2 Å². The van der Waals surface area contributed by atoms with E-state index in [1.807, 2.05) is 6.08 Å². The molecule has 1 aliphatic heterocycles. The second kappa shape index (κ2) is 5.74. The van der Waals surface area contributed by atoms with Gasteiger partial charge in [-0.3, -0.25) is 0 Å². The minimum absolute atomic E-state index is 0.0338. The van der Waals surface area contributed by atoms with Gasteiger partial charge in [-0.05, 0) is 26.7 Å². The van der Waals surface area contributed by atoms with E-state index in [0.29, 0.717) is 11.9 Å². The summed E-state index contributed by atoms with van der Waals surface area (Å²) in [6, 6.07) is 0.582. The predicted octanol–water partition coefficient (Wildman–Crippen LogP) is 2.33. The van der Waals surface area contributed by atoms with Crippen molar-refractivity contribution in [1.29, 1.82) is 0 Å². The minimum Gasteiger partial charge on any atom is -0.375 e. The van der Waals surface area contributed by atoms with Gasteiger partial charge in [-0.15, -0.1) is 11.6 Å². The van der Waals surface area contributed by atoms with Crippen LogP contribution in [0.15, 0.2) is 12.2 Å². The average Bonchev–Trinajstić information content (AvgIpc) is 2.11. The van der Waals surface area contributed by atoms with Crippen LogP contribution in [-0.2, 0) is 4.74 Å². The van der Waals surface area contributed by atoms with E-state index in [4.69, 9.17) is 16.3 Å². The van der Waals surface area contributed by atoms with E-state index in [0.717, 1.165) is 26.0 Å². The lowest BCUT2D eigenvalue weighted by Crippen LogP contribution is -2.43. The van der Waals surface area contributed by atoms with Crippen LogP contribution in [0.5, 0.6) is 0 Å². The van der Waals surface area contributed by atoms with Gasteiger partial charge in [0.15, 0.2) is 0 Å². The summed E-state index contributed by atoms with van der Waals surface area (Å²) in [7, 11) is 0. The Kier molecular flexibility index (Phi) is 4.93. The zero-order valence-electron chi connectivity index (χ0n) is 9.05. The summed E-state index contributed by atoms with van der Waals surface area (Å²) < 4.78 is 5.64. The lowest BCUT2D eigenvalue weighted by molar-refractivity contribution is -0.0624. The van der Waals surface area contributed by atoms with Crippen LogP contribution in [0, 0.1) is 0 Å². The third kappa shape index (κ3) is 4.45. The number of halogens is 1. The first kappa shape index (κ1) is 12.0. The fraction of sp³-hybridized carbons (Fsp3) is 0.818. The van der Waals surface area contributed by atoms with Gasteiger partial charge >= 0.3 is 0 Å². The SMILES string of the molecule is CC1(C)CC(NC/C=C/CCl)CCO1. The number of rotatable bonds is 4. The Bertz CT molecular complexity index is 192. The Morgan fingerprint density at radius 3 is 2.93 bits per heavy atom. The number of ether oxygens (including phenoxy) is 1. The number of allylic oxidation sites excluding steroid dienone is 1. The van der Waals surface area contributed by atoms with E-state index >= 15 is 0 Å². The van der Waals surface area contributed by atoms with Crippen LogP contribution in [0.4, 0.5) is 0 Å². The van der Waals surface area contributed by atoms with Crippen LogP contribution in [0.2, 0.25) is 0 Å². The molecule has 0 aromatic heterocycles. The molecule has 0 aromatic rings. The molecule has 1 atom stereocenters. The molecule has 1 saturated heterocycles. The first-order valence-electron chi connectivity index (χ1n) is 5.22. The quantitative estimate of drug-likeness (QED) is 0.577. The van der Waals surface area contributed by atoms with E-state index in [9.17, 15) is 0 Å². The van der Waals surface area contributed by atoms with E-state index in [1.165, 1.54) is 0 Å². The van der Waals surface area contributed by atoms with Gasteiger partial charge in [0.25, 0.3) is 0 Å². The van der Waals surface area contributed by atoms with Crippen LogP contribution in [0.3, 0.4) is 0 Å². The molecule has 1 N–H and O–H groups in total. The van der Waals surface area contributed by atoms with Gasteiger partial charge in [0, 0.05) is 25.1 Å². The second-order valence-electron chi connectivity index (χ2n) is 4.33.